The number of unbranched alkanes of at least 4 members (excludes halogenated alkanes) is 1. The molecule has 0 amide bonds. The second-order valence-corrected chi connectivity index (χ2v) is 3.90. The van der Waals surface area contributed by atoms with Crippen LogP contribution >= 0.6 is 0 Å². The van der Waals surface area contributed by atoms with Crippen molar-refractivity contribution in [1.82, 2.24) is 9.78 Å². The highest BCUT2D eigenvalue weighted by Crippen LogP contribution is 2.15. The minimum absolute atomic E-state index is 0.202. The van der Waals surface area contributed by atoms with Crippen LogP contribution in [0.5, 0.6) is 0 Å². The summed E-state index contributed by atoms with van der Waals surface area (Å²) >= 11 is 0. The molecule has 0 saturated carbocycles. The number of hydrogen-bond donors (Lipinski definition) is 0. The van der Waals surface area contributed by atoms with Gasteiger partial charge in [-0.1, -0.05) is 20.3 Å². The first kappa shape index (κ1) is 12.0. The first-order valence-corrected chi connectivity index (χ1v) is 5.69. The van der Waals surface area contributed by atoms with Crippen molar-refractivity contribution in [2.75, 3.05) is 0 Å². The zero-order valence-corrected chi connectivity index (χ0v) is 10.1. The van der Waals surface area contributed by atoms with Gasteiger partial charge < -0.3 is 0 Å². The molecule has 0 N–H and O–H groups in total. The number of hydrogen-bond acceptors (Lipinski definition) is 2. The second kappa shape index (κ2) is 5.10. The van der Waals surface area contributed by atoms with Gasteiger partial charge in [0.15, 0.2) is 5.78 Å². The summed E-state index contributed by atoms with van der Waals surface area (Å²) in [6, 6.07) is 0. The monoisotopic (exact) mass is 208 g/mol. The molecule has 1 heterocycles. The van der Waals surface area contributed by atoms with Gasteiger partial charge in [-0.3, -0.25) is 9.48 Å². The Bertz CT molecular complexity index is 353. The quantitative estimate of drug-likeness (QED) is 0.697. The largest absolute Gasteiger partial charge is 0.294 e. The number of ketones is 1. The Hall–Kier alpha value is -1.12. The molecule has 3 nitrogen and oxygen atoms in total. The summed E-state index contributed by atoms with van der Waals surface area (Å²) in [5, 5.41) is 4.41. The molecule has 0 atom stereocenters. The van der Waals surface area contributed by atoms with Crippen molar-refractivity contribution in [3.05, 3.63) is 17.0 Å². The Morgan fingerprint density at radius 2 is 2.00 bits per heavy atom. The summed E-state index contributed by atoms with van der Waals surface area (Å²) in [4.78, 5) is 11.7. The van der Waals surface area contributed by atoms with Gasteiger partial charge in [-0.2, -0.15) is 5.10 Å². The Kier molecular flexibility index (Phi) is 4.06. The van der Waals surface area contributed by atoms with Crippen LogP contribution in [0, 0.1) is 13.8 Å². The molecule has 0 fully saturated rings. The summed E-state index contributed by atoms with van der Waals surface area (Å²) in [5.41, 5.74) is 2.72. The van der Waals surface area contributed by atoms with Crippen LogP contribution in [0.15, 0.2) is 0 Å². The molecule has 15 heavy (non-hydrogen) atoms. The van der Waals surface area contributed by atoms with Crippen molar-refractivity contribution in [1.29, 1.82) is 0 Å². The fraction of sp³-hybridized carbons (Fsp3) is 0.667. The van der Waals surface area contributed by atoms with Crippen molar-refractivity contribution in [2.45, 2.75) is 53.5 Å². The fourth-order valence-electron chi connectivity index (χ4n) is 1.80. The topological polar surface area (TPSA) is 34.9 Å². The molecule has 0 saturated heterocycles. The third-order valence-corrected chi connectivity index (χ3v) is 2.70. The van der Waals surface area contributed by atoms with Gasteiger partial charge in [-0.25, -0.2) is 0 Å². The maximum Gasteiger partial charge on any atom is 0.166 e. The van der Waals surface area contributed by atoms with Crippen molar-refractivity contribution in [3.63, 3.8) is 0 Å². The highest BCUT2D eigenvalue weighted by Gasteiger charge is 2.16. The zero-order valence-electron chi connectivity index (χ0n) is 10.1. The number of aryl methyl sites for hydroxylation is 2. The average molecular weight is 208 g/mol. The molecule has 1 aromatic heterocycles. The molecular weight excluding hydrogens is 188 g/mol. The zero-order chi connectivity index (χ0) is 11.4. The minimum atomic E-state index is 0.202. The Balaban J connectivity index is 2.98. The smallest absolute Gasteiger partial charge is 0.166 e. The molecule has 0 radical (unpaired) electrons. The maximum atomic E-state index is 11.7. The predicted octanol–water partition coefficient (Wildman–Crippen LogP) is 2.89. The number of carbonyl (C=O) groups excluding carboxylic acids is 1. The Morgan fingerprint density at radius 1 is 1.33 bits per heavy atom. The van der Waals surface area contributed by atoms with Crippen LogP contribution < -0.4 is 0 Å². The normalized spacial score (nSPS) is 10.7. The van der Waals surface area contributed by atoms with E-state index in [4.69, 9.17) is 0 Å². The summed E-state index contributed by atoms with van der Waals surface area (Å²) in [6.45, 7) is 8.87. The lowest BCUT2D eigenvalue weighted by molar-refractivity contribution is 0.0987. The fourth-order valence-corrected chi connectivity index (χ4v) is 1.80. The molecule has 1 rings (SSSR count). The summed E-state index contributed by atoms with van der Waals surface area (Å²) in [6.07, 6.45) is 2.82. The minimum Gasteiger partial charge on any atom is -0.294 e. The van der Waals surface area contributed by atoms with Crippen LogP contribution in [0.1, 0.15) is 54.9 Å². The van der Waals surface area contributed by atoms with Crippen LogP contribution in [0.4, 0.5) is 0 Å². The highest BCUT2D eigenvalue weighted by atomic mass is 16.1. The lowest BCUT2D eigenvalue weighted by Gasteiger charge is -2.03. The third-order valence-electron chi connectivity index (χ3n) is 2.70. The second-order valence-electron chi connectivity index (χ2n) is 3.90. The van der Waals surface area contributed by atoms with Crippen LogP contribution in [-0.4, -0.2) is 15.6 Å². The van der Waals surface area contributed by atoms with Gasteiger partial charge in [0.2, 0.25) is 0 Å². The first-order valence-electron chi connectivity index (χ1n) is 5.69. The van der Waals surface area contributed by atoms with Crippen LogP contribution in [0.25, 0.3) is 0 Å². The van der Waals surface area contributed by atoms with Crippen molar-refractivity contribution >= 4 is 5.78 Å². The van der Waals surface area contributed by atoms with Gasteiger partial charge >= 0.3 is 0 Å². The molecule has 0 aromatic carbocycles. The molecule has 0 spiro atoms. The number of nitrogens with zero attached hydrogens (tertiary/aromatic N) is 2. The standard InChI is InChI=1S/C12H20N2O/c1-5-7-8-14-10(4)12(9(3)13-14)11(15)6-2/h5-8H2,1-4H3. The maximum absolute atomic E-state index is 11.7. The molecule has 0 unspecified atom stereocenters. The van der Waals surface area contributed by atoms with Gasteiger partial charge in [0.05, 0.1) is 11.3 Å². The van der Waals surface area contributed by atoms with Gasteiger partial charge in [-0.05, 0) is 20.3 Å². The Morgan fingerprint density at radius 3 is 2.53 bits per heavy atom. The first-order chi connectivity index (χ1) is 7.11. The summed E-state index contributed by atoms with van der Waals surface area (Å²) in [7, 11) is 0. The number of rotatable bonds is 5. The molecule has 84 valence electrons. The van der Waals surface area contributed by atoms with Crippen LogP contribution in [-0.2, 0) is 6.54 Å². The van der Waals surface area contributed by atoms with E-state index in [-0.39, 0.29) is 5.78 Å². The number of aromatic nitrogens is 2. The predicted molar refractivity (Wildman–Crippen MR) is 61.2 cm³/mol. The molecule has 3 heteroatoms. The van der Waals surface area contributed by atoms with E-state index in [1.54, 1.807) is 0 Å². The van der Waals surface area contributed by atoms with E-state index in [2.05, 4.69) is 12.0 Å². The molecule has 1 aromatic rings. The van der Waals surface area contributed by atoms with E-state index >= 15 is 0 Å². The lowest BCUT2D eigenvalue weighted by Crippen LogP contribution is -2.04. The molecular formula is C12H20N2O. The SMILES string of the molecule is CCCCn1nc(C)c(C(=O)CC)c1C. The number of Topliss-reactive ketones (excluding diaryl/α,β-unsaturated/α-hetero) is 1. The Labute approximate surface area is 91.5 Å². The molecule has 0 aliphatic heterocycles. The summed E-state index contributed by atoms with van der Waals surface area (Å²) < 4.78 is 1.96. The third kappa shape index (κ3) is 2.46. The van der Waals surface area contributed by atoms with Gasteiger partial charge in [-0.15, -0.1) is 0 Å². The molecule has 0 bridgehead atoms. The molecule has 0 aliphatic rings. The summed E-state index contributed by atoms with van der Waals surface area (Å²) in [5.74, 6) is 0.202. The van der Waals surface area contributed by atoms with E-state index in [0.717, 1.165) is 36.3 Å². The van der Waals surface area contributed by atoms with E-state index in [0.29, 0.717) is 6.42 Å². The highest BCUT2D eigenvalue weighted by molar-refractivity contribution is 5.97. The number of carbonyl (C=O) groups is 1. The van der Waals surface area contributed by atoms with Gasteiger partial charge in [0.25, 0.3) is 0 Å². The van der Waals surface area contributed by atoms with Gasteiger partial charge in [0.1, 0.15) is 0 Å². The lowest BCUT2D eigenvalue weighted by atomic mass is 10.1. The van der Waals surface area contributed by atoms with Gasteiger partial charge in [0, 0.05) is 18.7 Å². The van der Waals surface area contributed by atoms with Crippen LogP contribution in [0.3, 0.4) is 0 Å². The van der Waals surface area contributed by atoms with E-state index in [1.807, 2.05) is 25.5 Å². The molecule has 0 aliphatic carbocycles. The van der Waals surface area contributed by atoms with Crippen molar-refractivity contribution in [3.8, 4) is 0 Å². The van der Waals surface area contributed by atoms with Crippen molar-refractivity contribution < 1.29 is 4.79 Å². The van der Waals surface area contributed by atoms with E-state index in [1.165, 1.54) is 0 Å². The van der Waals surface area contributed by atoms with E-state index < -0.39 is 0 Å². The van der Waals surface area contributed by atoms with E-state index in [9.17, 15) is 4.79 Å². The average Bonchev–Trinajstić information content (AvgIpc) is 2.50. The van der Waals surface area contributed by atoms with Crippen molar-refractivity contribution in [2.24, 2.45) is 0 Å². The van der Waals surface area contributed by atoms with Crippen LogP contribution in [0.2, 0.25) is 0 Å².